The van der Waals surface area contributed by atoms with Crippen molar-refractivity contribution in [2.45, 2.75) is 67.3 Å². The lowest BCUT2D eigenvalue weighted by Gasteiger charge is -2.48. The van der Waals surface area contributed by atoms with Gasteiger partial charge in [0.25, 0.3) is 0 Å². The van der Waals surface area contributed by atoms with Crippen LogP contribution in [-0.2, 0) is 0 Å². The van der Waals surface area contributed by atoms with Crippen molar-refractivity contribution in [1.29, 1.82) is 0 Å². The summed E-state index contributed by atoms with van der Waals surface area (Å²) in [5.74, 6) is 1.37. The quantitative estimate of drug-likeness (QED) is 0.677. The summed E-state index contributed by atoms with van der Waals surface area (Å²) in [7, 11) is 2.87. The van der Waals surface area contributed by atoms with Gasteiger partial charge in [0.15, 0.2) is 0 Å². The van der Waals surface area contributed by atoms with Gasteiger partial charge in [0.05, 0.1) is 0 Å². The Kier molecular flexibility index (Phi) is 6.68. The van der Waals surface area contributed by atoms with Gasteiger partial charge in [0, 0.05) is 6.04 Å². The fourth-order valence-electron chi connectivity index (χ4n) is 2.95. The molecule has 0 heterocycles. The molecule has 104 valence electrons. The Morgan fingerprint density at radius 1 is 1.06 bits per heavy atom. The molecular weight excluding hydrogens is 225 g/mol. The molecule has 0 saturated carbocycles. The first kappa shape index (κ1) is 17.4. The highest BCUT2D eigenvalue weighted by Gasteiger charge is 2.41. The third-order valence-corrected chi connectivity index (χ3v) is 5.01. The van der Waals surface area contributed by atoms with Crippen LogP contribution in [0.4, 0.5) is 0 Å². The van der Waals surface area contributed by atoms with E-state index in [0.717, 1.165) is 6.42 Å². The van der Waals surface area contributed by atoms with Gasteiger partial charge in [-0.25, -0.2) is 0 Å². The van der Waals surface area contributed by atoms with Crippen LogP contribution >= 0.6 is 9.24 Å². The SMILES string of the molecule is CC(N)CC(C(C)(C)CCP)C(C)(C)C(C)C. The minimum atomic E-state index is 0.293. The second kappa shape index (κ2) is 6.53. The van der Waals surface area contributed by atoms with Crippen LogP contribution in [0.5, 0.6) is 0 Å². The molecule has 0 aliphatic carbocycles. The minimum absolute atomic E-state index is 0.293. The van der Waals surface area contributed by atoms with E-state index in [2.05, 4.69) is 57.7 Å². The number of rotatable bonds is 7. The van der Waals surface area contributed by atoms with Crippen LogP contribution in [0.25, 0.3) is 0 Å². The zero-order valence-electron chi connectivity index (χ0n) is 13.0. The Hall–Kier alpha value is 0.390. The van der Waals surface area contributed by atoms with E-state index < -0.39 is 0 Å². The van der Waals surface area contributed by atoms with Crippen molar-refractivity contribution in [2.75, 3.05) is 6.16 Å². The van der Waals surface area contributed by atoms with Gasteiger partial charge in [-0.2, -0.15) is 0 Å². The molecule has 0 aliphatic heterocycles. The van der Waals surface area contributed by atoms with Crippen LogP contribution in [0.1, 0.15) is 61.3 Å². The maximum absolute atomic E-state index is 6.08. The Labute approximate surface area is 112 Å². The number of hydrogen-bond acceptors (Lipinski definition) is 1. The smallest absolute Gasteiger partial charge is 0.00135 e. The summed E-state index contributed by atoms with van der Waals surface area (Å²) >= 11 is 0. The zero-order valence-corrected chi connectivity index (χ0v) is 14.2. The first-order valence-electron chi connectivity index (χ1n) is 7.01. The molecule has 0 aromatic rings. The Bertz CT molecular complexity index is 219. The molecule has 2 heteroatoms. The van der Waals surface area contributed by atoms with Crippen molar-refractivity contribution in [3.05, 3.63) is 0 Å². The summed E-state index contributed by atoms with van der Waals surface area (Å²) in [4.78, 5) is 0. The van der Waals surface area contributed by atoms with Crippen LogP contribution in [0.15, 0.2) is 0 Å². The highest BCUT2D eigenvalue weighted by atomic mass is 31.0. The van der Waals surface area contributed by atoms with Crippen LogP contribution in [-0.4, -0.2) is 12.2 Å². The van der Waals surface area contributed by atoms with E-state index in [-0.39, 0.29) is 0 Å². The standard InChI is InChI=1S/C15H34NP/c1-11(2)15(6,7)13(10-12(3)16)14(4,5)8-9-17/h11-13H,8-10,16-17H2,1-7H3. The van der Waals surface area contributed by atoms with Crippen LogP contribution < -0.4 is 5.73 Å². The van der Waals surface area contributed by atoms with Crippen LogP contribution in [0, 0.1) is 22.7 Å². The highest BCUT2D eigenvalue weighted by molar-refractivity contribution is 7.16. The molecule has 0 bridgehead atoms. The molecule has 17 heavy (non-hydrogen) atoms. The number of nitrogens with two attached hydrogens (primary N) is 1. The molecule has 0 spiro atoms. The van der Waals surface area contributed by atoms with E-state index in [4.69, 9.17) is 5.73 Å². The molecule has 0 rings (SSSR count). The second-order valence-corrected chi connectivity index (χ2v) is 7.85. The summed E-state index contributed by atoms with van der Waals surface area (Å²) < 4.78 is 0. The Balaban J connectivity index is 5.12. The molecule has 0 saturated heterocycles. The predicted octanol–water partition coefficient (Wildman–Crippen LogP) is 4.31. The summed E-state index contributed by atoms with van der Waals surface area (Å²) in [5, 5.41) is 0. The largest absolute Gasteiger partial charge is 0.328 e. The van der Waals surface area contributed by atoms with Crippen LogP contribution in [0.3, 0.4) is 0 Å². The second-order valence-electron chi connectivity index (χ2n) is 7.27. The maximum atomic E-state index is 6.08. The number of hydrogen-bond donors (Lipinski definition) is 1. The molecule has 0 aromatic carbocycles. The molecule has 3 unspecified atom stereocenters. The molecule has 0 amide bonds. The van der Waals surface area contributed by atoms with Gasteiger partial charge in [-0.15, -0.1) is 9.24 Å². The lowest BCUT2D eigenvalue weighted by molar-refractivity contribution is 0.0215. The monoisotopic (exact) mass is 259 g/mol. The Morgan fingerprint density at radius 3 is 1.82 bits per heavy atom. The highest BCUT2D eigenvalue weighted by Crippen LogP contribution is 2.48. The molecule has 0 radical (unpaired) electrons. The summed E-state index contributed by atoms with van der Waals surface area (Å²) in [6.45, 7) is 16.5. The van der Waals surface area contributed by atoms with Crippen molar-refractivity contribution in [3.8, 4) is 0 Å². The minimum Gasteiger partial charge on any atom is -0.328 e. The Morgan fingerprint density at radius 2 is 1.53 bits per heavy atom. The van der Waals surface area contributed by atoms with E-state index in [1.165, 1.54) is 12.6 Å². The predicted molar refractivity (Wildman–Crippen MR) is 83.4 cm³/mol. The fraction of sp³-hybridized carbons (Fsp3) is 1.00. The molecule has 1 nitrogen and oxygen atoms in total. The van der Waals surface area contributed by atoms with Gasteiger partial charge in [0.1, 0.15) is 0 Å². The third-order valence-electron chi connectivity index (χ3n) is 4.73. The summed E-state index contributed by atoms with van der Waals surface area (Å²) in [6, 6.07) is 0.293. The summed E-state index contributed by atoms with van der Waals surface area (Å²) in [6.07, 6.45) is 3.56. The van der Waals surface area contributed by atoms with Crippen molar-refractivity contribution in [1.82, 2.24) is 0 Å². The third kappa shape index (κ3) is 4.87. The molecule has 0 aromatic heterocycles. The van der Waals surface area contributed by atoms with E-state index >= 15 is 0 Å². The van der Waals surface area contributed by atoms with E-state index in [1.807, 2.05) is 0 Å². The van der Waals surface area contributed by atoms with Gasteiger partial charge in [0.2, 0.25) is 0 Å². The average molecular weight is 259 g/mol. The van der Waals surface area contributed by atoms with E-state index in [9.17, 15) is 0 Å². The van der Waals surface area contributed by atoms with Crippen molar-refractivity contribution in [3.63, 3.8) is 0 Å². The van der Waals surface area contributed by atoms with Gasteiger partial charge in [-0.05, 0) is 48.6 Å². The fourth-order valence-corrected chi connectivity index (χ4v) is 3.69. The molecule has 0 fully saturated rings. The lowest BCUT2D eigenvalue weighted by Crippen LogP contribution is -2.42. The van der Waals surface area contributed by atoms with E-state index in [1.54, 1.807) is 0 Å². The van der Waals surface area contributed by atoms with Crippen molar-refractivity contribution >= 4 is 9.24 Å². The summed E-state index contributed by atoms with van der Waals surface area (Å²) in [5.41, 5.74) is 6.79. The molecule has 3 atom stereocenters. The molecular formula is C15H34NP. The van der Waals surface area contributed by atoms with Gasteiger partial charge >= 0.3 is 0 Å². The van der Waals surface area contributed by atoms with Crippen LogP contribution in [0.2, 0.25) is 0 Å². The molecule has 0 aliphatic rings. The first-order chi connectivity index (χ1) is 7.55. The van der Waals surface area contributed by atoms with E-state index in [0.29, 0.717) is 28.7 Å². The van der Waals surface area contributed by atoms with Gasteiger partial charge in [-0.1, -0.05) is 41.5 Å². The normalized spacial score (nSPS) is 17.3. The average Bonchev–Trinajstić information content (AvgIpc) is 2.13. The first-order valence-corrected chi connectivity index (χ1v) is 7.83. The lowest BCUT2D eigenvalue weighted by atomic mass is 9.58. The van der Waals surface area contributed by atoms with Gasteiger partial charge < -0.3 is 5.73 Å². The molecule has 2 N–H and O–H groups in total. The van der Waals surface area contributed by atoms with Crippen molar-refractivity contribution in [2.24, 2.45) is 28.4 Å². The van der Waals surface area contributed by atoms with Gasteiger partial charge in [-0.3, -0.25) is 0 Å². The zero-order chi connectivity index (χ0) is 13.9. The topological polar surface area (TPSA) is 26.0 Å². The maximum Gasteiger partial charge on any atom is 0.00135 e. The van der Waals surface area contributed by atoms with Crippen molar-refractivity contribution < 1.29 is 0 Å².